The standard InChI is InChI=1S/C14H11ClFNO3S/c15-9-2-1-3-10(12(9)16)17-14(18)11-7-4-5-8(6-7)13(11)21(17,19)20/h1-5,7-8,11,13H,6H2. The molecule has 4 nitrogen and oxygen atoms in total. The number of hydrogen-bond donors (Lipinski definition) is 0. The van der Waals surface area contributed by atoms with Crippen LogP contribution in [-0.2, 0) is 14.8 Å². The minimum Gasteiger partial charge on any atom is -0.273 e. The van der Waals surface area contributed by atoms with Gasteiger partial charge in [-0.1, -0.05) is 29.8 Å². The summed E-state index contributed by atoms with van der Waals surface area (Å²) in [5, 5.41) is -0.966. The van der Waals surface area contributed by atoms with E-state index in [4.69, 9.17) is 11.6 Å². The smallest absolute Gasteiger partial charge is 0.246 e. The molecule has 1 saturated heterocycles. The van der Waals surface area contributed by atoms with E-state index in [-0.39, 0.29) is 22.5 Å². The van der Waals surface area contributed by atoms with Gasteiger partial charge in [-0.3, -0.25) is 4.79 Å². The van der Waals surface area contributed by atoms with E-state index in [9.17, 15) is 17.6 Å². The summed E-state index contributed by atoms with van der Waals surface area (Å²) in [7, 11) is -3.90. The van der Waals surface area contributed by atoms with Gasteiger partial charge >= 0.3 is 0 Å². The summed E-state index contributed by atoms with van der Waals surface area (Å²) in [6, 6.07) is 4.02. The molecule has 1 aromatic rings. The lowest BCUT2D eigenvalue weighted by Gasteiger charge is -2.19. The Kier molecular flexibility index (Phi) is 2.58. The van der Waals surface area contributed by atoms with Gasteiger partial charge in [0, 0.05) is 0 Å². The van der Waals surface area contributed by atoms with Crippen LogP contribution in [0.25, 0.3) is 0 Å². The maximum Gasteiger partial charge on any atom is 0.246 e. The van der Waals surface area contributed by atoms with Crippen molar-refractivity contribution in [2.75, 3.05) is 4.31 Å². The molecule has 0 spiro atoms. The molecule has 1 heterocycles. The molecular formula is C14H11ClFNO3S. The van der Waals surface area contributed by atoms with Crippen molar-refractivity contribution in [3.8, 4) is 0 Å². The Morgan fingerprint density at radius 2 is 1.95 bits per heavy atom. The van der Waals surface area contributed by atoms with Crippen molar-refractivity contribution in [1.29, 1.82) is 0 Å². The van der Waals surface area contributed by atoms with Crippen LogP contribution in [0.5, 0.6) is 0 Å². The molecule has 1 aliphatic heterocycles. The van der Waals surface area contributed by atoms with E-state index in [0.717, 1.165) is 0 Å². The van der Waals surface area contributed by atoms with Gasteiger partial charge in [-0.25, -0.2) is 17.1 Å². The Hall–Kier alpha value is -1.40. The fourth-order valence-corrected chi connectivity index (χ4v) is 6.33. The highest BCUT2D eigenvalue weighted by molar-refractivity contribution is 7.94. The minimum atomic E-state index is -3.90. The number of amides is 1. The zero-order valence-electron chi connectivity index (χ0n) is 10.7. The zero-order chi connectivity index (χ0) is 14.9. The molecule has 110 valence electrons. The lowest BCUT2D eigenvalue weighted by molar-refractivity contribution is -0.120. The number of hydrogen-bond acceptors (Lipinski definition) is 3. The van der Waals surface area contributed by atoms with Gasteiger partial charge in [0.25, 0.3) is 0 Å². The van der Waals surface area contributed by atoms with E-state index in [0.29, 0.717) is 10.7 Å². The van der Waals surface area contributed by atoms with E-state index < -0.39 is 32.9 Å². The Morgan fingerprint density at radius 3 is 2.67 bits per heavy atom. The maximum atomic E-state index is 14.2. The molecule has 0 radical (unpaired) electrons. The number of carbonyl (C=O) groups is 1. The minimum absolute atomic E-state index is 0.0606. The first-order chi connectivity index (χ1) is 9.93. The summed E-state index contributed by atoms with van der Waals surface area (Å²) < 4.78 is 40.2. The average Bonchev–Trinajstić information content (AvgIpc) is 3.08. The van der Waals surface area contributed by atoms with Crippen molar-refractivity contribution in [2.45, 2.75) is 11.7 Å². The molecule has 4 unspecified atom stereocenters. The first kappa shape index (κ1) is 13.3. The topological polar surface area (TPSA) is 54.5 Å². The van der Waals surface area contributed by atoms with Crippen molar-refractivity contribution >= 4 is 33.2 Å². The van der Waals surface area contributed by atoms with Gasteiger partial charge in [-0.15, -0.1) is 0 Å². The molecule has 2 aliphatic carbocycles. The molecule has 1 saturated carbocycles. The third-order valence-electron chi connectivity index (χ3n) is 4.62. The van der Waals surface area contributed by atoms with Gasteiger partial charge in [0.2, 0.25) is 15.9 Å². The summed E-state index contributed by atoms with van der Waals surface area (Å²) in [4.78, 5) is 12.6. The molecule has 21 heavy (non-hydrogen) atoms. The molecule has 4 atom stereocenters. The number of benzene rings is 1. The first-order valence-electron chi connectivity index (χ1n) is 6.63. The van der Waals surface area contributed by atoms with Crippen LogP contribution in [-0.4, -0.2) is 19.6 Å². The lowest BCUT2D eigenvalue weighted by Crippen LogP contribution is -2.34. The predicted octanol–water partition coefficient (Wildman–Crippen LogP) is 2.35. The van der Waals surface area contributed by atoms with Crippen LogP contribution in [0.2, 0.25) is 5.02 Å². The lowest BCUT2D eigenvalue weighted by atomic mass is 9.92. The SMILES string of the molecule is O=C1C2C3C=CC(C3)C2S(=O)(=O)N1c1cccc(Cl)c1F. The van der Waals surface area contributed by atoms with Crippen molar-refractivity contribution in [3.63, 3.8) is 0 Å². The number of halogens is 2. The molecule has 4 rings (SSSR count). The Balaban J connectivity index is 1.89. The summed E-state index contributed by atoms with van der Waals surface area (Å²) in [5.74, 6) is -2.23. The molecule has 0 N–H and O–H groups in total. The van der Waals surface area contributed by atoms with Crippen LogP contribution in [0.15, 0.2) is 30.4 Å². The van der Waals surface area contributed by atoms with Crippen LogP contribution in [0.4, 0.5) is 10.1 Å². The molecule has 7 heteroatoms. The summed E-state index contributed by atoms with van der Waals surface area (Å²) in [6.45, 7) is 0. The molecule has 2 fully saturated rings. The summed E-state index contributed by atoms with van der Waals surface area (Å²) in [6.07, 6.45) is 4.44. The average molecular weight is 328 g/mol. The number of nitrogens with zero attached hydrogens (tertiary/aromatic N) is 1. The number of anilines is 1. The summed E-state index contributed by atoms with van der Waals surface area (Å²) >= 11 is 5.70. The first-order valence-corrected chi connectivity index (χ1v) is 8.51. The van der Waals surface area contributed by atoms with Crippen molar-refractivity contribution in [3.05, 3.63) is 41.2 Å². The van der Waals surface area contributed by atoms with Crippen molar-refractivity contribution in [1.82, 2.24) is 0 Å². The second kappa shape index (κ2) is 4.08. The van der Waals surface area contributed by atoms with E-state index in [2.05, 4.69) is 0 Å². The molecule has 1 aromatic carbocycles. The molecule has 3 aliphatic rings. The molecule has 1 amide bonds. The Morgan fingerprint density at radius 1 is 1.24 bits per heavy atom. The van der Waals surface area contributed by atoms with Crippen LogP contribution in [0.1, 0.15) is 6.42 Å². The highest BCUT2D eigenvalue weighted by atomic mass is 35.5. The Bertz CT molecular complexity index is 791. The van der Waals surface area contributed by atoms with Crippen LogP contribution in [0, 0.1) is 23.6 Å². The van der Waals surface area contributed by atoms with E-state index in [1.807, 2.05) is 12.2 Å². The number of sulfonamides is 1. The largest absolute Gasteiger partial charge is 0.273 e. The zero-order valence-corrected chi connectivity index (χ0v) is 12.3. The normalized spacial score (nSPS) is 35.5. The fraction of sp³-hybridized carbons (Fsp3) is 0.357. The van der Waals surface area contributed by atoms with Gasteiger partial charge in [0.05, 0.1) is 21.9 Å². The quantitative estimate of drug-likeness (QED) is 0.744. The highest BCUT2D eigenvalue weighted by Gasteiger charge is 2.63. The van der Waals surface area contributed by atoms with Crippen molar-refractivity contribution < 1.29 is 17.6 Å². The number of carbonyl (C=O) groups excluding carboxylic acids is 1. The third kappa shape index (κ3) is 1.54. The van der Waals surface area contributed by atoms with E-state index in [1.165, 1.54) is 18.2 Å². The second-order valence-electron chi connectivity index (χ2n) is 5.66. The molecule has 2 bridgehead atoms. The second-order valence-corrected chi connectivity index (χ2v) is 8.01. The highest BCUT2D eigenvalue weighted by Crippen LogP contribution is 2.53. The number of allylic oxidation sites excluding steroid dienone is 2. The monoisotopic (exact) mass is 327 g/mol. The molecule has 0 aromatic heterocycles. The summed E-state index contributed by atoms with van der Waals surface area (Å²) in [5.41, 5.74) is -0.277. The number of rotatable bonds is 1. The fourth-order valence-electron chi connectivity index (χ4n) is 3.79. The van der Waals surface area contributed by atoms with E-state index in [1.54, 1.807) is 0 Å². The van der Waals surface area contributed by atoms with Crippen LogP contribution in [0.3, 0.4) is 0 Å². The van der Waals surface area contributed by atoms with Gasteiger partial charge in [-0.05, 0) is 30.4 Å². The maximum absolute atomic E-state index is 14.2. The van der Waals surface area contributed by atoms with Gasteiger partial charge in [0.1, 0.15) is 0 Å². The predicted molar refractivity (Wildman–Crippen MR) is 75.8 cm³/mol. The molecular weight excluding hydrogens is 317 g/mol. The van der Waals surface area contributed by atoms with Crippen LogP contribution < -0.4 is 4.31 Å². The third-order valence-corrected chi connectivity index (χ3v) is 7.13. The van der Waals surface area contributed by atoms with Gasteiger partial charge in [0.15, 0.2) is 5.82 Å². The van der Waals surface area contributed by atoms with Gasteiger partial charge < -0.3 is 0 Å². The van der Waals surface area contributed by atoms with E-state index >= 15 is 0 Å². The van der Waals surface area contributed by atoms with Crippen molar-refractivity contribution in [2.24, 2.45) is 17.8 Å². The number of fused-ring (bicyclic) bond motifs is 5. The van der Waals surface area contributed by atoms with Crippen LogP contribution >= 0.6 is 11.6 Å². The van der Waals surface area contributed by atoms with Gasteiger partial charge in [-0.2, -0.15) is 0 Å². The Labute approximate surface area is 126 Å².